The summed E-state index contributed by atoms with van der Waals surface area (Å²) in [6.07, 6.45) is 8.28. The molecule has 254 valence electrons. The van der Waals surface area contributed by atoms with E-state index in [1.807, 2.05) is 27.7 Å². The fourth-order valence-electron chi connectivity index (χ4n) is 6.21. The van der Waals surface area contributed by atoms with Crippen molar-refractivity contribution in [2.45, 2.75) is 128 Å². The Morgan fingerprint density at radius 2 is 1.76 bits per heavy atom. The van der Waals surface area contributed by atoms with Crippen molar-refractivity contribution < 1.29 is 28.7 Å². The van der Waals surface area contributed by atoms with Crippen molar-refractivity contribution >= 4 is 41.0 Å². The standard InChI is InChI=1S/C33H49ClN6O6/c1-5-9-23(27(41)31(44)37-21-13-14-21)38-29(42)24-16-22(46-25-15-12-20(34)17-36-25)18-40(24)32(45)28(33(2,3)4)39-30(43)26(35)19-10-7-6-8-11-19/h12,15,17,19,21-24,26,28H,5-11,13-14,16,18,35H2,1-4H3,(H,37,44)(H,38,42)(H,39,43)/t22-,23+,24+,26+,28-/m1/s1. The van der Waals surface area contributed by atoms with Gasteiger partial charge in [-0.05, 0) is 49.5 Å². The molecule has 13 heteroatoms. The van der Waals surface area contributed by atoms with Crippen LogP contribution in [-0.2, 0) is 24.0 Å². The first kappa shape index (κ1) is 35.6. The molecule has 4 amide bonds. The third kappa shape index (κ3) is 9.40. The lowest BCUT2D eigenvalue weighted by Crippen LogP contribution is -2.61. The number of hydrogen-bond acceptors (Lipinski definition) is 8. The molecule has 2 aliphatic carbocycles. The van der Waals surface area contributed by atoms with Gasteiger partial charge < -0.3 is 31.3 Å². The SMILES string of the molecule is CCC[C@H](NC(=O)[C@@H]1C[C@@H](Oc2ccc(Cl)cn2)CN1C(=O)[C@@H](NC(=O)[C@@H](N)C1CCCCC1)C(C)(C)C)C(=O)C(=O)NC1CC1. The number of nitrogens with zero attached hydrogens (tertiary/aromatic N) is 2. The average Bonchev–Trinajstić information content (AvgIpc) is 3.74. The zero-order valence-corrected chi connectivity index (χ0v) is 28.1. The van der Waals surface area contributed by atoms with Gasteiger partial charge in [0, 0.05) is 24.7 Å². The summed E-state index contributed by atoms with van der Waals surface area (Å²) in [4.78, 5) is 72.8. The smallest absolute Gasteiger partial charge is 0.289 e. The number of halogens is 1. The second-order valence-electron chi connectivity index (χ2n) is 14.0. The van der Waals surface area contributed by atoms with E-state index in [-0.39, 0.29) is 37.2 Å². The molecule has 5 N–H and O–H groups in total. The minimum Gasteiger partial charge on any atom is -0.472 e. The minimum absolute atomic E-state index is 0.00692. The number of likely N-dealkylation sites (tertiary alicyclic amines) is 1. The van der Waals surface area contributed by atoms with E-state index < -0.39 is 65.1 Å². The molecular formula is C33H49ClN6O6. The summed E-state index contributed by atoms with van der Waals surface area (Å²) < 4.78 is 6.06. The fourth-order valence-corrected chi connectivity index (χ4v) is 6.32. The first-order valence-electron chi connectivity index (χ1n) is 16.6. The maximum Gasteiger partial charge on any atom is 0.289 e. The summed E-state index contributed by atoms with van der Waals surface area (Å²) in [5.41, 5.74) is 5.68. The number of ketones is 1. The number of ether oxygens (including phenoxy) is 1. The third-order valence-corrected chi connectivity index (χ3v) is 9.27. The van der Waals surface area contributed by atoms with E-state index in [4.69, 9.17) is 22.1 Å². The maximum absolute atomic E-state index is 14.3. The molecular weight excluding hydrogens is 612 g/mol. The number of hydrogen-bond donors (Lipinski definition) is 4. The number of pyridine rings is 1. The number of carbonyl (C=O) groups excluding carboxylic acids is 5. The Hall–Kier alpha value is -3.25. The molecule has 0 unspecified atom stereocenters. The molecule has 0 radical (unpaired) electrons. The maximum atomic E-state index is 14.3. The molecule has 2 heterocycles. The Morgan fingerprint density at radius 1 is 1.07 bits per heavy atom. The van der Waals surface area contributed by atoms with Crippen LogP contribution in [0.2, 0.25) is 5.02 Å². The van der Waals surface area contributed by atoms with Crippen LogP contribution in [-0.4, -0.2) is 82.2 Å². The summed E-state index contributed by atoms with van der Waals surface area (Å²) >= 11 is 5.98. The zero-order chi connectivity index (χ0) is 33.6. The van der Waals surface area contributed by atoms with E-state index in [1.165, 1.54) is 11.1 Å². The summed E-state index contributed by atoms with van der Waals surface area (Å²) in [6, 6.07) is -0.593. The Morgan fingerprint density at radius 3 is 2.35 bits per heavy atom. The fraction of sp³-hybridized carbons (Fsp3) is 0.697. The number of carbonyl (C=O) groups is 5. The van der Waals surface area contributed by atoms with Crippen LogP contribution in [0.4, 0.5) is 0 Å². The van der Waals surface area contributed by atoms with Crippen molar-refractivity contribution in [3.05, 3.63) is 23.4 Å². The van der Waals surface area contributed by atoms with Gasteiger partial charge in [-0.2, -0.15) is 0 Å². The molecule has 12 nitrogen and oxygen atoms in total. The molecule has 3 aliphatic rings. The van der Waals surface area contributed by atoms with Crippen LogP contribution in [0.15, 0.2) is 18.3 Å². The van der Waals surface area contributed by atoms with Crippen LogP contribution in [0, 0.1) is 11.3 Å². The van der Waals surface area contributed by atoms with Gasteiger partial charge in [0.25, 0.3) is 5.91 Å². The number of nitrogens with one attached hydrogen (secondary N) is 3. The highest BCUT2D eigenvalue weighted by atomic mass is 35.5. The van der Waals surface area contributed by atoms with Gasteiger partial charge in [-0.3, -0.25) is 24.0 Å². The molecule has 2 saturated carbocycles. The molecule has 1 aliphatic heterocycles. The highest BCUT2D eigenvalue weighted by molar-refractivity contribution is 6.38. The molecule has 0 spiro atoms. The van der Waals surface area contributed by atoms with Crippen molar-refractivity contribution in [3.8, 4) is 5.88 Å². The molecule has 5 atom stereocenters. The Bertz CT molecular complexity index is 1260. The molecule has 4 rings (SSSR count). The second-order valence-corrected chi connectivity index (χ2v) is 14.4. The minimum atomic E-state index is -1.04. The van der Waals surface area contributed by atoms with Gasteiger partial charge in [-0.25, -0.2) is 4.98 Å². The van der Waals surface area contributed by atoms with E-state index in [2.05, 4.69) is 20.9 Å². The summed E-state index contributed by atoms with van der Waals surface area (Å²) in [5, 5.41) is 8.79. The van der Waals surface area contributed by atoms with Gasteiger partial charge in [-0.15, -0.1) is 0 Å². The number of amides is 4. The lowest BCUT2D eigenvalue weighted by atomic mass is 9.82. The first-order valence-corrected chi connectivity index (χ1v) is 17.0. The van der Waals surface area contributed by atoms with Crippen molar-refractivity contribution in [3.63, 3.8) is 0 Å². The van der Waals surface area contributed by atoms with Crippen LogP contribution >= 0.6 is 11.6 Å². The van der Waals surface area contributed by atoms with Crippen LogP contribution in [0.1, 0.15) is 91.9 Å². The van der Waals surface area contributed by atoms with Gasteiger partial charge in [0.1, 0.15) is 18.2 Å². The highest BCUT2D eigenvalue weighted by Crippen LogP contribution is 2.30. The average molecular weight is 661 g/mol. The van der Waals surface area contributed by atoms with E-state index in [0.717, 1.165) is 44.9 Å². The van der Waals surface area contributed by atoms with Crippen LogP contribution in [0.5, 0.6) is 5.88 Å². The number of rotatable bonds is 13. The van der Waals surface area contributed by atoms with Crippen molar-refractivity contribution in [1.29, 1.82) is 0 Å². The summed E-state index contributed by atoms with van der Waals surface area (Å²) in [6.45, 7) is 7.41. The van der Waals surface area contributed by atoms with Gasteiger partial charge in [0.2, 0.25) is 29.4 Å². The summed E-state index contributed by atoms with van der Waals surface area (Å²) in [5.74, 6) is -2.55. The van der Waals surface area contributed by atoms with Crippen LogP contribution in [0.3, 0.4) is 0 Å². The van der Waals surface area contributed by atoms with Crippen molar-refractivity contribution in [1.82, 2.24) is 25.8 Å². The topological polar surface area (TPSA) is 173 Å². The molecule has 0 bridgehead atoms. The zero-order valence-electron chi connectivity index (χ0n) is 27.4. The lowest BCUT2D eigenvalue weighted by Gasteiger charge is -2.37. The van der Waals surface area contributed by atoms with Crippen LogP contribution in [0.25, 0.3) is 0 Å². The monoisotopic (exact) mass is 660 g/mol. The summed E-state index contributed by atoms with van der Waals surface area (Å²) in [7, 11) is 0. The third-order valence-electron chi connectivity index (χ3n) is 9.04. The lowest BCUT2D eigenvalue weighted by molar-refractivity contribution is -0.145. The molecule has 0 aromatic carbocycles. The van der Waals surface area contributed by atoms with Gasteiger partial charge >= 0.3 is 0 Å². The van der Waals surface area contributed by atoms with Gasteiger partial charge in [0.15, 0.2) is 0 Å². The molecule has 46 heavy (non-hydrogen) atoms. The number of Topliss-reactive ketones (excluding diaryl/α,β-unsaturated/α-hetero) is 1. The van der Waals surface area contributed by atoms with Gasteiger partial charge in [0.05, 0.1) is 23.7 Å². The van der Waals surface area contributed by atoms with E-state index >= 15 is 0 Å². The quantitative estimate of drug-likeness (QED) is 0.234. The van der Waals surface area contributed by atoms with Crippen molar-refractivity contribution in [2.24, 2.45) is 17.1 Å². The number of aromatic nitrogens is 1. The predicted octanol–water partition coefficient (Wildman–Crippen LogP) is 2.65. The molecule has 1 aromatic heterocycles. The molecule has 3 fully saturated rings. The van der Waals surface area contributed by atoms with Gasteiger partial charge in [-0.1, -0.05) is 65.0 Å². The number of nitrogens with two attached hydrogens (primary N) is 1. The second kappa shape index (κ2) is 15.6. The van der Waals surface area contributed by atoms with E-state index in [9.17, 15) is 24.0 Å². The van der Waals surface area contributed by atoms with E-state index in [1.54, 1.807) is 12.1 Å². The molecule has 1 aromatic rings. The largest absolute Gasteiger partial charge is 0.472 e. The Kier molecular flexibility index (Phi) is 12.0. The first-order chi connectivity index (χ1) is 21.8. The van der Waals surface area contributed by atoms with Crippen molar-refractivity contribution in [2.75, 3.05) is 6.54 Å². The molecule has 1 saturated heterocycles. The van der Waals surface area contributed by atoms with Crippen LogP contribution < -0.4 is 26.4 Å². The Balaban J connectivity index is 1.55. The van der Waals surface area contributed by atoms with E-state index in [0.29, 0.717) is 11.4 Å². The predicted molar refractivity (Wildman–Crippen MR) is 173 cm³/mol. The highest BCUT2D eigenvalue weighted by Gasteiger charge is 2.47. The normalized spacial score (nSPS) is 22.3. The Labute approximate surface area is 276 Å².